The zero-order valence-electron chi connectivity index (χ0n) is 18.9. The normalized spacial score (nSPS) is 20.3. The summed E-state index contributed by atoms with van der Waals surface area (Å²) in [5.74, 6) is 0.435. The number of carbonyl (C=O) groups is 1. The number of aromatic nitrogens is 3. The number of carbonyl (C=O) groups excluding carboxylic acids is 1. The van der Waals surface area contributed by atoms with E-state index in [1.807, 2.05) is 0 Å². The van der Waals surface area contributed by atoms with Crippen LogP contribution < -0.4 is 5.56 Å². The maximum Gasteiger partial charge on any atom is 0.277 e. The summed E-state index contributed by atoms with van der Waals surface area (Å²) in [5.41, 5.74) is 4.48. The largest absolute Gasteiger partial charge is 0.338 e. The average Bonchev–Trinajstić information content (AvgIpc) is 3.24. The summed E-state index contributed by atoms with van der Waals surface area (Å²) in [4.78, 5) is 34.1. The molecule has 2 atom stereocenters. The molecule has 3 aromatic rings. The molecule has 0 bridgehead atoms. The van der Waals surface area contributed by atoms with E-state index >= 15 is 0 Å². The maximum atomic E-state index is 13.2. The summed E-state index contributed by atoms with van der Waals surface area (Å²) in [6.45, 7) is 6.84. The molecule has 7 heteroatoms. The van der Waals surface area contributed by atoms with Crippen molar-refractivity contribution in [3.63, 3.8) is 0 Å². The number of benzene rings is 1. The smallest absolute Gasteiger partial charge is 0.277 e. The fraction of sp³-hybridized carbons (Fsp3) is 0.480. The van der Waals surface area contributed by atoms with E-state index in [1.165, 1.54) is 18.4 Å². The Morgan fingerprint density at radius 1 is 1.22 bits per heavy atom. The minimum Gasteiger partial charge on any atom is -0.338 e. The monoisotopic (exact) mass is 433 g/mol. The lowest BCUT2D eigenvalue weighted by Crippen LogP contribution is -2.39. The molecule has 168 valence electrons. The summed E-state index contributed by atoms with van der Waals surface area (Å²) in [5, 5.41) is 3.37. The van der Waals surface area contributed by atoms with Gasteiger partial charge in [-0.3, -0.25) is 19.6 Å². The van der Waals surface area contributed by atoms with Crippen molar-refractivity contribution >= 4 is 11.6 Å². The van der Waals surface area contributed by atoms with E-state index in [1.54, 1.807) is 16.3 Å². The van der Waals surface area contributed by atoms with Gasteiger partial charge in [0.05, 0.1) is 29.5 Å². The third-order valence-corrected chi connectivity index (χ3v) is 7.08. The number of fused-ring (bicyclic) bond motifs is 2. The van der Waals surface area contributed by atoms with Crippen molar-refractivity contribution in [3.8, 4) is 0 Å². The standard InChI is InChI=1S/C25H31N5O2/c1-17(19-8-4-3-5-9-19)15-29-12-7-6-10-23(29)22-14-24-26-21-11-13-28(18(2)31)16-20(21)25(32)30(24)27-22/h3-5,8-9,14,17,23,27H,6-7,10-13,15-16H2,1-2H3/t17-,23+/m1/s1. The van der Waals surface area contributed by atoms with Gasteiger partial charge in [-0.15, -0.1) is 0 Å². The first-order chi connectivity index (χ1) is 15.5. The fourth-order valence-electron chi connectivity index (χ4n) is 5.24. The van der Waals surface area contributed by atoms with E-state index < -0.39 is 0 Å². The van der Waals surface area contributed by atoms with Crippen molar-refractivity contribution < 1.29 is 4.79 Å². The first-order valence-corrected chi connectivity index (χ1v) is 11.7. The molecule has 2 aromatic heterocycles. The molecule has 5 rings (SSSR count). The molecule has 32 heavy (non-hydrogen) atoms. The second-order valence-corrected chi connectivity index (χ2v) is 9.26. The Hall–Kier alpha value is -2.93. The molecule has 2 aliphatic heterocycles. The molecule has 1 amide bonds. The third-order valence-electron chi connectivity index (χ3n) is 7.08. The molecule has 1 saturated heterocycles. The number of aromatic amines is 1. The first kappa shape index (κ1) is 20.9. The zero-order valence-corrected chi connectivity index (χ0v) is 18.9. The van der Waals surface area contributed by atoms with Crippen LogP contribution in [0.2, 0.25) is 0 Å². The van der Waals surface area contributed by atoms with Crippen LogP contribution in [0.1, 0.15) is 67.6 Å². The molecule has 0 unspecified atom stereocenters. The molecule has 4 heterocycles. The van der Waals surface area contributed by atoms with Gasteiger partial charge in [-0.25, -0.2) is 9.50 Å². The first-order valence-electron chi connectivity index (χ1n) is 11.7. The van der Waals surface area contributed by atoms with Crippen molar-refractivity contribution in [1.82, 2.24) is 24.4 Å². The summed E-state index contributed by atoms with van der Waals surface area (Å²) in [7, 11) is 0. The number of rotatable bonds is 4. The van der Waals surface area contributed by atoms with Crippen LogP contribution in [0, 0.1) is 0 Å². The van der Waals surface area contributed by atoms with Crippen molar-refractivity contribution in [1.29, 1.82) is 0 Å². The molecule has 0 saturated carbocycles. The van der Waals surface area contributed by atoms with Crippen LogP contribution in [-0.2, 0) is 17.8 Å². The van der Waals surface area contributed by atoms with Gasteiger partial charge in [0.1, 0.15) is 0 Å². The lowest BCUT2D eigenvalue weighted by Gasteiger charge is -2.36. The zero-order chi connectivity index (χ0) is 22.2. The number of nitrogens with one attached hydrogen (secondary N) is 1. The number of H-pyrrole nitrogens is 1. The van der Waals surface area contributed by atoms with Gasteiger partial charge in [0.15, 0.2) is 5.65 Å². The molecule has 1 fully saturated rings. The molecule has 0 spiro atoms. The number of hydrogen-bond donors (Lipinski definition) is 1. The number of amides is 1. The van der Waals surface area contributed by atoms with Gasteiger partial charge < -0.3 is 4.90 Å². The highest BCUT2D eigenvalue weighted by molar-refractivity contribution is 5.73. The van der Waals surface area contributed by atoms with Crippen LogP contribution in [0.25, 0.3) is 5.65 Å². The lowest BCUT2D eigenvalue weighted by atomic mass is 9.95. The van der Waals surface area contributed by atoms with Crippen molar-refractivity contribution in [2.75, 3.05) is 19.6 Å². The lowest BCUT2D eigenvalue weighted by molar-refractivity contribution is -0.129. The second kappa shape index (κ2) is 8.54. The van der Waals surface area contributed by atoms with E-state index in [2.05, 4.69) is 53.3 Å². The Bertz CT molecular complexity index is 1180. The summed E-state index contributed by atoms with van der Waals surface area (Å²) >= 11 is 0. The van der Waals surface area contributed by atoms with Gasteiger partial charge in [-0.05, 0) is 30.9 Å². The van der Waals surface area contributed by atoms with Crippen LogP contribution in [-0.4, -0.2) is 49.9 Å². The van der Waals surface area contributed by atoms with E-state index in [9.17, 15) is 9.59 Å². The Kier molecular flexibility index (Phi) is 5.59. The van der Waals surface area contributed by atoms with Crippen molar-refractivity contribution in [2.24, 2.45) is 0 Å². The number of hydrogen-bond acceptors (Lipinski definition) is 4. The molecular formula is C25H31N5O2. The van der Waals surface area contributed by atoms with Crippen LogP contribution in [0.15, 0.2) is 41.2 Å². The Balaban J connectivity index is 1.44. The van der Waals surface area contributed by atoms with Gasteiger partial charge in [0.25, 0.3) is 5.56 Å². The van der Waals surface area contributed by atoms with Gasteiger partial charge in [0.2, 0.25) is 5.91 Å². The molecule has 1 N–H and O–H groups in total. The highest BCUT2D eigenvalue weighted by Crippen LogP contribution is 2.32. The molecule has 7 nitrogen and oxygen atoms in total. The summed E-state index contributed by atoms with van der Waals surface area (Å²) in [6.07, 6.45) is 4.08. The highest BCUT2D eigenvalue weighted by atomic mass is 16.2. The number of likely N-dealkylation sites (tertiary alicyclic amines) is 1. The number of piperidine rings is 1. The molecular weight excluding hydrogens is 402 g/mol. The van der Waals surface area contributed by atoms with Crippen LogP contribution >= 0.6 is 0 Å². The van der Waals surface area contributed by atoms with Crippen LogP contribution in [0.5, 0.6) is 0 Å². The SMILES string of the molecule is CC(=O)N1CCc2nc3cc([C@@H]4CCCCN4C[C@@H](C)c4ccccc4)[nH]n3c(=O)c2C1. The average molecular weight is 434 g/mol. The Labute approximate surface area is 188 Å². The number of nitrogens with zero attached hydrogens (tertiary/aromatic N) is 4. The van der Waals surface area contributed by atoms with Crippen LogP contribution in [0.4, 0.5) is 0 Å². The van der Waals surface area contributed by atoms with Crippen molar-refractivity contribution in [3.05, 3.63) is 69.3 Å². The summed E-state index contributed by atoms with van der Waals surface area (Å²) < 4.78 is 1.57. The predicted molar refractivity (Wildman–Crippen MR) is 124 cm³/mol. The Morgan fingerprint density at radius 3 is 2.81 bits per heavy atom. The third kappa shape index (κ3) is 3.86. The van der Waals surface area contributed by atoms with Gasteiger partial charge >= 0.3 is 0 Å². The molecule has 0 radical (unpaired) electrons. The quantitative estimate of drug-likeness (QED) is 0.685. The van der Waals surface area contributed by atoms with E-state index in [4.69, 9.17) is 4.98 Å². The molecule has 1 aromatic carbocycles. The highest BCUT2D eigenvalue weighted by Gasteiger charge is 2.29. The van der Waals surface area contributed by atoms with E-state index in [-0.39, 0.29) is 17.5 Å². The topological polar surface area (TPSA) is 73.7 Å². The van der Waals surface area contributed by atoms with Gasteiger partial charge in [0, 0.05) is 32.5 Å². The van der Waals surface area contributed by atoms with Crippen LogP contribution in [0.3, 0.4) is 0 Å². The fourth-order valence-corrected chi connectivity index (χ4v) is 5.24. The van der Waals surface area contributed by atoms with E-state index in [0.717, 1.165) is 30.9 Å². The predicted octanol–water partition coefficient (Wildman–Crippen LogP) is 3.26. The molecule has 2 aliphatic rings. The minimum atomic E-state index is -0.0813. The second-order valence-electron chi connectivity index (χ2n) is 9.26. The Morgan fingerprint density at radius 2 is 2.03 bits per heavy atom. The molecule has 0 aliphatic carbocycles. The van der Waals surface area contributed by atoms with Crippen molar-refractivity contribution in [2.45, 2.75) is 58.0 Å². The van der Waals surface area contributed by atoms with E-state index in [0.29, 0.717) is 36.6 Å². The van der Waals surface area contributed by atoms with Gasteiger partial charge in [-0.1, -0.05) is 43.7 Å². The maximum absolute atomic E-state index is 13.2. The summed E-state index contributed by atoms with van der Waals surface area (Å²) in [6, 6.07) is 13.0. The van der Waals surface area contributed by atoms with Gasteiger partial charge in [-0.2, -0.15) is 0 Å². The minimum absolute atomic E-state index is 0.00212.